The van der Waals surface area contributed by atoms with Gasteiger partial charge in [0.1, 0.15) is 5.82 Å². The zero-order chi connectivity index (χ0) is 13.8. The lowest BCUT2D eigenvalue weighted by Gasteiger charge is -2.14. The second kappa shape index (κ2) is 5.67. The molecule has 1 aromatic carbocycles. The molecule has 0 aliphatic heterocycles. The number of nitrogens with one attached hydrogen (secondary N) is 2. The first-order chi connectivity index (χ1) is 9.13. The molecule has 1 aromatic heterocycles. The molecule has 0 aliphatic rings. The summed E-state index contributed by atoms with van der Waals surface area (Å²) in [6, 6.07) is 7.76. The largest absolute Gasteiger partial charge is 0.370 e. The Morgan fingerprint density at radius 1 is 1.26 bits per heavy atom. The fourth-order valence-electron chi connectivity index (χ4n) is 1.95. The van der Waals surface area contributed by atoms with Crippen LogP contribution in [0.15, 0.2) is 30.5 Å². The number of amides is 1. The summed E-state index contributed by atoms with van der Waals surface area (Å²) < 4.78 is 0. The molecule has 1 amide bonds. The van der Waals surface area contributed by atoms with Crippen LogP contribution in [0, 0.1) is 0 Å². The highest BCUT2D eigenvalue weighted by Crippen LogP contribution is 2.24. The molecule has 0 unspecified atom stereocenters. The second-order valence-corrected chi connectivity index (χ2v) is 4.43. The number of pyridine rings is 1. The first-order valence-electron chi connectivity index (χ1n) is 6.23. The third kappa shape index (κ3) is 2.82. The molecule has 0 atom stereocenters. The molecular formula is C14H18N4O. The molecular weight excluding hydrogens is 240 g/mol. The smallest absolute Gasteiger partial charge is 0.267 e. The van der Waals surface area contributed by atoms with E-state index in [-0.39, 0.29) is 5.91 Å². The van der Waals surface area contributed by atoms with Gasteiger partial charge in [-0.2, -0.15) is 0 Å². The zero-order valence-electron chi connectivity index (χ0n) is 11.4. The number of nitrogens with zero attached hydrogens (tertiary/aromatic N) is 2. The minimum Gasteiger partial charge on any atom is -0.370 e. The fourth-order valence-corrected chi connectivity index (χ4v) is 1.95. The number of anilines is 1. The quantitative estimate of drug-likeness (QED) is 0.822. The lowest BCUT2D eigenvalue weighted by atomic mass is 10.1. The summed E-state index contributed by atoms with van der Waals surface area (Å²) in [7, 11) is 3.56. The van der Waals surface area contributed by atoms with Gasteiger partial charge in [0.15, 0.2) is 0 Å². The van der Waals surface area contributed by atoms with Crippen LogP contribution >= 0.6 is 0 Å². The fraction of sp³-hybridized carbons (Fsp3) is 0.286. The maximum absolute atomic E-state index is 12.1. The minimum absolute atomic E-state index is 0.156. The monoisotopic (exact) mass is 258 g/mol. The van der Waals surface area contributed by atoms with Crippen molar-refractivity contribution in [2.45, 2.75) is 6.92 Å². The molecule has 0 saturated carbocycles. The van der Waals surface area contributed by atoms with Crippen molar-refractivity contribution in [3.8, 4) is 0 Å². The van der Waals surface area contributed by atoms with E-state index in [1.54, 1.807) is 25.3 Å². The number of hydrogen-bond acceptors (Lipinski definition) is 4. The summed E-state index contributed by atoms with van der Waals surface area (Å²) in [4.78, 5) is 16.5. The van der Waals surface area contributed by atoms with Crippen LogP contribution in [-0.2, 0) is 0 Å². The van der Waals surface area contributed by atoms with Gasteiger partial charge in [-0.3, -0.25) is 10.2 Å². The van der Waals surface area contributed by atoms with Crippen molar-refractivity contribution < 1.29 is 4.79 Å². The molecule has 0 spiro atoms. The van der Waals surface area contributed by atoms with Gasteiger partial charge in [-0.15, -0.1) is 0 Å². The van der Waals surface area contributed by atoms with Crippen molar-refractivity contribution in [1.82, 2.24) is 15.4 Å². The molecule has 2 aromatic rings. The summed E-state index contributed by atoms with van der Waals surface area (Å²) in [6.45, 7) is 2.81. The summed E-state index contributed by atoms with van der Waals surface area (Å²) in [5.74, 6) is 0.649. The molecule has 0 radical (unpaired) electrons. The van der Waals surface area contributed by atoms with Gasteiger partial charge >= 0.3 is 0 Å². The van der Waals surface area contributed by atoms with Gasteiger partial charge in [-0.1, -0.05) is 24.3 Å². The van der Waals surface area contributed by atoms with Gasteiger partial charge in [-0.25, -0.2) is 9.99 Å². The lowest BCUT2D eigenvalue weighted by Crippen LogP contribution is -2.36. The average Bonchev–Trinajstić information content (AvgIpc) is 2.38. The van der Waals surface area contributed by atoms with Gasteiger partial charge in [-0.05, 0) is 12.3 Å². The lowest BCUT2D eigenvalue weighted by molar-refractivity contribution is 0.0858. The topological polar surface area (TPSA) is 57.3 Å². The Kier molecular flexibility index (Phi) is 3.97. The van der Waals surface area contributed by atoms with Gasteiger partial charge in [0.2, 0.25) is 0 Å². The first-order valence-corrected chi connectivity index (χ1v) is 6.23. The SMILES string of the molecule is CCNc1ncc(C(=O)NN(C)C)c2ccccc12. The number of hydrazine groups is 1. The Balaban J connectivity index is 2.52. The van der Waals surface area contributed by atoms with Crippen molar-refractivity contribution in [1.29, 1.82) is 0 Å². The van der Waals surface area contributed by atoms with Crippen LogP contribution in [0.3, 0.4) is 0 Å². The van der Waals surface area contributed by atoms with Gasteiger partial charge < -0.3 is 5.32 Å². The normalized spacial score (nSPS) is 10.7. The molecule has 5 nitrogen and oxygen atoms in total. The Labute approximate surface area is 112 Å². The Bertz CT molecular complexity index is 595. The van der Waals surface area contributed by atoms with Crippen LogP contribution in [0.25, 0.3) is 10.8 Å². The van der Waals surface area contributed by atoms with E-state index in [4.69, 9.17) is 0 Å². The highest BCUT2D eigenvalue weighted by Gasteiger charge is 2.13. The summed E-state index contributed by atoms with van der Waals surface area (Å²) in [6.07, 6.45) is 1.61. The number of carbonyl (C=O) groups excluding carboxylic acids is 1. The van der Waals surface area contributed by atoms with E-state index in [2.05, 4.69) is 15.7 Å². The molecule has 19 heavy (non-hydrogen) atoms. The predicted octanol–water partition coefficient (Wildman–Crippen LogP) is 1.87. The van der Waals surface area contributed by atoms with Crippen LogP contribution in [0.1, 0.15) is 17.3 Å². The third-order valence-electron chi connectivity index (χ3n) is 2.71. The highest BCUT2D eigenvalue weighted by molar-refractivity contribution is 6.09. The molecule has 2 N–H and O–H groups in total. The van der Waals surface area contributed by atoms with Crippen molar-refractivity contribution in [2.75, 3.05) is 26.0 Å². The number of aromatic nitrogens is 1. The second-order valence-electron chi connectivity index (χ2n) is 4.43. The van der Waals surface area contributed by atoms with Crippen molar-refractivity contribution in [3.63, 3.8) is 0 Å². The van der Waals surface area contributed by atoms with Crippen LogP contribution in [0.2, 0.25) is 0 Å². The average molecular weight is 258 g/mol. The van der Waals surface area contributed by atoms with E-state index in [0.717, 1.165) is 23.1 Å². The molecule has 0 aliphatic carbocycles. The van der Waals surface area contributed by atoms with E-state index < -0.39 is 0 Å². The maximum atomic E-state index is 12.1. The molecule has 0 bridgehead atoms. The molecule has 100 valence electrons. The number of rotatable bonds is 4. The standard InChI is InChI=1S/C14H18N4O/c1-4-15-13-11-8-6-5-7-10(11)12(9-16-13)14(19)17-18(2)3/h5-9H,4H2,1-3H3,(H,15,16)(H,17,19). The van der Waals surface area contributed by atoms with Gasteiger partial charge in [0.05, 0.1) is 5.56 Å². The maximum Gasteiger partial charge on any atom is 0.267 e. The van der Waals surface area contributed by atoms with Crippen LogP contribution in [0.5, 0.6) is 0 Å². The van der Waals surface area contributed by atoms with E-state index in [1.807, 2.05) is 31.2 Å². The van der Waals surface area contributed by atoms with E-state index >= 15 is 0 Å². The predicted molar refractivity (Wildman–Crippen MR) is 77.1 cm³/mol. The van der Waals surface area contributed by atoms with Crippen LogP contribution < -0.4 is 10.7 Å². The van der Waals surface area contributed by atoms with Gasteiger partial charge in [0, 0.05) is 32.2 Å². The van der Waals surface area contributed by atoms with Crippen LogP contribution in [0.4, 0.5) is 5.82 Å². The first kappa shape index (κ1) is 13.3. The van der Waals surface area contributed by atoms with E-state index in [0.29, 0.717) is 5.56 Å². The summed E-state index contributed by atoms with van der Waals surface area (Å²) in [5.41, 5.74) is 3.31. The van der Waals surface area contributed by atoms with Gasteiger partial charge in [0.25, 0.3) is 5.91 Å². The zero-order valence-corrected chi connectivity index (χ0v) is 11.4. The summed E-state index contributed by atoms with van der Waals surface area (Å²) >= 11 is 0. The molecule has 0 saturated heterocycles. The Morgan fingerprint density at radius 2 is 1.95 bits per heavy atom. The molecule has 0 fully saturated rings. The minimum atomic E-state index is -0.156. The number of benzene rings is 1. The molecule has 2 rings (SSSR count). The number of hydrogen-bond donors (Lipinski definition) is 2. The van der Waals surface area contributed by atoms with Crippen molar-refractivity contribution >= 4 is 22.5 Å². The third-order valence-corrected chi connectivity index (χ3v) is 2.71. The Morgan fingerprint density at radius 3 is 2.58 bits per heavy atom. The summed E-state index contributed by atoms with van der Waals surface area (Å²) in [5, 5.41) is 6.68. The van der Waals surface area contributed by atoms with Crippen LogP contribution in [-0.4, -0.2) is 36.5 Å². The highest BCUT2D eigenvalue weighted by atomic mass is 16.2. The number of fused-ring (bicyclic) bond motifs is 1. The Hall–Kier alpha value is -2.14. The van der Waals surface area contributed by atoms with E-state index in [1.165, 1.54) is 0 Å². The molecule has 5 heteroatoms. The molecule has 1 heterocycles. The van der Waals surface area contributed by atoms with Crippen molar-refractivity contribution in [3.05, 3.63) is 36.0 Å². The number of carbonyl (C=O) groups is 1. The van der Waals surface area contributed by atoms with Crippen molar-refractivity contribution in [2.24, 2.45) is 0 Å². The van der Waals surface area contributed by atoms with E-state index in [9.17, 15) is 4.79 Å².